The molecule has 1 aliphatic rings. The summed E-state index contributed by atoms with van der Waals surface area (Å²) in [7, 11) is 0. The van der Waals surface area contributed by atoms with Crippen LogP contribution in [-0.4, -0.2) is 44.7 Å². The lowest BCUT2D eigenvalue weighted by Gasteiger charge is -2.21. The Balaban J connectivity index is 2.08. The van der Waals surface area contributed by atoms with Crippen molar-refractivity contribution in [1.29, 1.82) is 0 Å². The molecule has 1 saturated heterocycles. The van der Waals surface area contributed by atoms with Gasteiger partial charge in [-0.05, 0) is 36.6 Å². The van der Waals surface area contributed by atoms with Crippen LogP contribution in [-0.2, 0) is 9.59 Å². The van der Waals surface area contributed by atoms with E-state index in [1.165, 1.54) is 29.2 Å². The van der Waals surface area contributed by atoms with E-state index in [-0.39, 0.29) is 17.4 Å². The zero-order valence-electron chi connectivity index (χ0n) is 11.2. The summed E-state index contributed by atoms with van der Waals surface area (Å²) >= 11 is 0. The quantitative estimate of drug-likeness (QED) is 0.282. The van der Waals surface area contributed by atoms with Gasteiger partial charge in [-0.25, -0.2) is 5.48 Å². The SMILES string of the molecule is O=C(NO)[C@@H]1CCCN1C(=O)/C=C/c1ccc(O)c(O)c1. The standard InChI is InChI=1S/C14H16N2O5/c17-11-5-3-9(8-12(11)18)4-6-13(19)16-7-1-2-10(16)14(20)15-21/h3-6,8,10,17-18,21H,1-2,7H2,(H,15,20)/b6-4+/t10-/m0/s1. The lowest BCUT2D eigenvalue weighted by Crippen LogP contribution is -2.44. The van der Waals surface area contributed by atoms with E-state index in [9.17, 15) is 19.8 Å². The highest BCUT2D eigenvalue weighted by molar-refractivity contribution is 5.95. The van der Waals surface area contributed by atoms with E-state index in [0.717, 1.165) is 0 Å². The van der Waals surface area contributed by atoms with Crippen LogP contribution < -0.4 is 5.48 Å². The highest BCUT2D eigenvalue weighted by atomic mass is 16.5. The average molecular weight is 292 g/mol. The molecule has 0 saturated carbocycles. The number of phenols is 2. The summed E-state index contributed by atoms with van der Waals surface area (Å²) in [6, 6.07) is 3.51. The van der Waals surface area contributed by atoms with Crippen LogP contribution >= 0.6 is 0 Å². The Morgan fingerprint density at radius 2 is 2.05 bits per heavy atom. The molecule has 0 unspecified atom stereocenters. The second-order valence-corrected chi connectivity index (χ2v) is 4.75. The van der Waals surface area contributed by atoms with Gasteiger partial charge in [-0.1, -0.05) is 6.07 Å². The van der Waals surface area contributed by atoms with Crippen molar-refractivity contribution in [2.24, 2.45) is 0 Å². The Labute approximate surface area is 121 Å². The van der Waals surface area contributed by atoms with Gasteiger partial charge in [0.15, 0.2) is 11.5 Å². The molecule has 21 heavy (non-hydrogen) atoms. The predicted octanol–water partition coefficient (Wildman–Crippen LogP) is 0.607. The Kier molecular flexibility index (Phi) is 4.44. The van der Waals surface area contributed by atoms with Crippen molar-refractivity contribution in [1.82, 2.24) is 10.4 Å². The summed E-state index contributed by atoms with van der Waals surface area (Å²) in [5.74, 6) is -1.47. The smallest absolute Gasteiger partial charge is 0.266 e. The van der Waals surface area contributed by atoms with E-state index >= 15 is 0 Å². The summed E-state index contributed by atoms with van der Waals surface area (Å²) in [6.45, 7) is 0.447. The van der Waals surface area contributed by atoms with Gasteiger partial charge < -0.3 is 15.1 Å². The van der Waals surface area contributed by atoms with E-state index < -0.39 is 11.9 Å². The molecule has 1 aliphatic heterocycles. The molecule has 1 aromatic rings. The zero-order valence-corrected chi connectivity index (χ0v) is 11.2. The number of hydrogen-bond acceptors (Lipinski definition) is 5. The van der Waals surface area contributed by atoms with Crippen molar-refractivity contribution in [2.45, 2.75) is 18.9 Å². The summed E-state index contributed by atoms with van der Waals surface area (Å²) in [5.41, 5.74) is 2.10. The first-order valence-corrected chi connectivity index (χ1v) is 6.47. The second-order valence-electron chi connectivity index (χ2n) is 4.75. The van der Waals surface area contributed by atoms with Crippen LogP contribution in [0.5, 0.6) is 11.5 Å². The number of carbonyl (C=O) groups is 2. The van der Waals surface area contributed by atoms with Gasteiger partial charge in [0.05, 0.1) is 0 Å². The normalized spacial score (nSPS) is 18.1. The van der Waals surface area contributed by atoms with Crippen molar-refractivity contribution in [3.8, 4) is 11.5 Å². The maximum atomic E-state index is 12.1. The molecule has 7 heteroatoms. The van der Waals surface area contributed by atoms with Crippen LogP contribution in [0.25, 0.3) is 6.08 Å². The van der Waals surface area contributed by atoms with Gasteiger partial charge in [-0.3, -0.25) is 14.8 Å². The molecule has 2 amide bonds. The largest absolute Gasteiger partial charge is 0.504 e. The molecule has 4 N–H and O–H groups in total. The van der Waals surface area contributed by atoms with Crippen LogP contribution in [0.15, 0.2) is 24.3 Å². The third-order valence-corrected chi connectivity index (χ3v) is 3.37. The topological polar surface area (TPSA) is 110 Å². The fraction of sp³-hybridized carbons (Fsp3) is 0.286. The molecule has 1 aromatic carbocycles. The van der Waals surface area contributed by atoms with Crippen LogP contribution in [0.2, 0.25) is 0 Å². The number of aromatic hydroxyl groups is 2. The summed E-state index contributed by atoms with van der Waals surface area (Å²) < 4.78 is 0. The molecule has 0 spiro atoms. The van der Waals surface area contributed by atoms with Crippen LogP contribution in [0, 0.1) is 0 Å². The van der Waals surface area contributed by atoms with Gasteiger partial charge in [0.2, 0.25) is 5.91 Å². The first-order valence-electron chi connectivity index (χ1n) is 6.47. The Morgan fingerprint density at radius 3 is 2.71 bits per heavy atom. The summed E-state index contributed by atoms with van der Waals surface area (Å²) in [4.78, 5) is 24.9. The highest BCUT2D eigenvalue weighted by Gasteiger charge is 2.32. The van der Waals surface area contributed by atoms with Gasteiger partial charge in [-0.15, -0.1) is 0 Å². The number of hydroxylamine groups is 1. The van der Waals surface area contributed by atoms with E-state index in [4.69, 9.17) is 5.21 Å². The number of nitrogens with one attached hydrogen (secondary N) is 1. The maximum Gasteiger partial charge on any atom is 0.266 e. The van der Waals surface area contributed by atoms with E-state index in [0.29, 0.717) is 24.9 Å². The first-order chi connectivity index (χ1) is 10.0. The van der Waals surface area contributed by atoms with Crippen molar-refractivity contribution in [3.05, 3.63) is 29.8 Å². The molecule has 0 radical (unpaired) electrons. The van der Waals surface area contributed by atoms with E-state index in [1.54, 1.807) is 11.5 Å². The Hall–Kier alpha value is -2.54. The molecule has 1 atom stereocenters. The molecule has 2 rings (SSSR count). The summed E-state index contributed by atoms with van der Waals surface area (Å²) in [6.07, 6.45) is 3.96. The van der Waals surface area contributed by atoms with Crippen molar-refractivity contribution in [2.75, 3.05) is 6.54 Å². The zero-order chi connectivity index (χ0) is 15.4. The van der Waals surface area contributed by atoms with Gasteiger partial charge >= 0.3 is 0 Å². The number of amides is 2. The van der Waals surface area contributed by atoms with Crippen LogP contribution in [0.1, 0.15) is 18.4 Å². The fourth-order valence-corrected chi connectivity index (χ4v) is 2.28. The molecular formula is C14H16N2O5. The van der Waals surface area contributed by atoms with E-state index in [1.807, 2.05) is 0 Å². The number of benzene rings is 1. The number of phenolic OH excluding ortho intramolecular Hbond substituents is 2. The molecule has 1 heterocycles. The molecule has 0 aromatic heterocycles. The molecule has 1 fully saturated rings. The monoisotopic (exact) mass is 292 g/mol. The van der Waals surface area contributed by atoms with Crippen molar-refractivity contribution >= 4 is 17.9 Å². The number of hydrogen-bond donors (Lipinski definition) is 4. The lowest BCUT2D eigenvalue weighted by molar-refractivity contribution is -0.140. The third-order valence-electron chi connectivity index (χ3n) is 3.37. The highest BCUT2D eigenvalue weighted by Crippen LogP contribution is 2.25. The Morgan fingerprint density at radius 1 is 1.29 bits per heavy atom. The van der Waals surface area contributed by atoms with Crippen LogP contribution in [0.4, 0.5) is 0 Å². The van der Waals surface area contributed by atoms with Gasteiger partial charge in [-0.2, -0.15) is 0 Å². The molecule has 112 valence electrons. The minimum Gasteiger partial charge on any atom is -0.504 e. The maximum absolute atomic E-state index is 12.1. The van der Waals surface area contributed by atoms with Crippen molar-refractivity contribution in [3.63, 3.8) is 0 Å². The van der Waals surface area contributed by atoms with Gasteiger partial charge in [0.1, 0.15) is 6.04 Å². The van der Waals surface area contributed by atoms with Crippen LogP contribution in [0.3, 0.4) is 0 Å². The van der Waals surface area contributed by atoms with Gasteiger partial charge in [0.25, 0.3) is 5.91 Å². The lowest BCUT2D eigenvalue weighted by atomic mass is 10.1. The molecular weight excluding hydrogens is 276 g/mol. The number of carbonyl (C=O) groups excluding carboxylic acids is 2. The van der Waals surface area contributed by atoms with E-state index in [2.05, 4.69) is 0 Å². The average Bonchev–Trinajstić information content (AvgIpc) is 2.97. The summed E-state index contributed by atoms with van der Waals surface area (Å²) in [5, 5.41) is 27.2. The minimum absolute atomic E-state index is 0.238. The number of rotatable bonds is 3. The van der Waals surface area contributed by atoms with Gasteiger partial charge in [0, 0.05) is 12.6 Å². The number of nitrogens with zero attached hydrogens (tertiary/aromatic N) is 1. The number of likely N-dealkylation sites (tertiary alicyclic amines) is 1. The minimum atomic E-state index is -0.666. The first kappa shape index (κ1) is 14.9. The Bertz CT molecular complexity index is 585. The predicted molar refractivity (Wildman–Crippen MR) is 73.5 cm³/mol. The molecule has 0 bridgehead atoms. The molecule has 0 aliphatic carbocycles. The second kappa shape index (κ2) is 6.27. The molecule has 7 nitrogen and oxygen atoms in total. The fourth-order valence-electron chi connectivity index (χ4n) is 2.28. The third kappa shape index (κ3) is 3.32. The van der Waals surface area contributed by atoms with Crippen molar-refractivity contribution < 1.29 is 25.0 Å².